The van der Waals surface area contributed by atoms with E-state index in [1.165, 1.54) is 24.0 Å². The van der Waals surface area contributed by atoms with Gasteiger partial charge < -0.3 is 4.52 Å². The smallest absolute Gasteiger partial charge is 0.199 e. The van der Waals surface area contributed by atoms with E-state index in [2.05, 4.69) is 5.16 Å². The van der Waals surface area contributed by atoms with Gasteiger partial charge in [-0.1, -0.05) is 12.1 Å². The van der Waals surface area contributed by atoms with E-state index in [1.807, 2.05) is 13.2 Å². The van der Waals surface area contributed by atoms with Crippen molar-refractivity contribution in [3.8, 4) is 0 Å². The van der Waals surface area contributed by atoms with E-state index in [0.717, 1.165) is 19.1 Å². The molecule has 0 saturated heterocycles. The second-order valence-electron chi connectivity index (χ2n) is 6.09. The standard InChI is InChI=1S/C16H17NO4S2/c1-16(6-7-16)15-12(9-17-21-15)14(18)11-5-4-10(23(3,19)20)8-13(11)22-2/h4-5,8-9H,6-7H2,1-3H3. The van der Waals surface area contributed by atoms with Crippen LogP contribution in [0.3, 0.4) is 0 Å². The predicted molar refractivity (Wildman–Crippen MR) is 87.9 cm³/mol. The molecule has 0 aliphatic heterocycles. The SMILES string of the molecule is CSc1cc(S(C)(=O)=O)ccc1C(=O)c1cnoc1C1(C)CC1. The minimum Gasteiger partial charge on any atom is -0.360 e. The lowest BCUT2D eigenvalue weighted by Crippen LogP contribution is -2.10. The Morgan fingerprint density at radius 3 is 2.57 bits per heavy atom. The molecule has 0 unspecified atom stereocenters. The van der Waals surface area contributed by atoms with Crippen molar-refractivity contribution in [3.05, 3.63) is 41.3 Å². The van der Waals surface area contributed by atoms with Crippen LogP contribution in [0.5, 0.6) is 0 Å². The van der Waals surface area contributed by atoms with Gasteiger partial charge in [0.05, 0.1) is 16.7 Å². The monoisotopic (exact) mass is 351 g/mol. The van der Waals surface area contributed by atoms with Crippen LogP contribution in [0.2, 0.25) is 0 Å². The number of thioether (sulfide) groups is 1. The van der Waals surface area contributed by atoms with Gasteiger partial charge in [-0.15, -0.1) is 11.8 Å². The molecule has 1 aromatic heterocycles. The average molecular weight is 351 g/mol. The number of carbonyl (C=O) groups is 1. The fraction of sp³-hybridized carbons (Fsp3) is 0.375. The summed E-state index contributed by atoms with van der Waals surface area (Å²) < 4.78 is 28.7. The lowest BCUT2D eigenvalue weighted by atomic mass is 9.97. The maximum Gasteiger partial charge on any atom is 0.199 e. The molecule has 23 heavy (non-hydrogen) atoms. The van der Waals surface area contributed by atoms with Crippen LogP contribution < -0.4 is 0 Å². The van der Waals surface area contributed by atoms with E-state index in [-0.39, 0.29) is 16.1 Å². The molecule has 1 saturated carbocycles. The van der Waals surface area contributed by atoms with Gasteiger partial charge in [0.2, 0.25) is 0 Å². The second kappa shape index (κ2) is 5.49. The fourth-order valence-electron chi connectivity index (χ4n) is 2.49. The van der Waals surface area contributed by atoms with Crippen LogP contribution in [0.4, 0.5) is 0 Å². The molecule has 7 heteroatoms. The summed E-state index contributed by atoms with van der Waals surface area (Å²) in [4.78, 5) is 13.7. The highest BCUT2D eigenvalue weighted by atomic mass is 32.2. The van der Waals surface area contributed by atoms with Gasteiger partial charge in [-0.25, -0.2) is 8.42 Å². The van der Waals surface area contributed by atoms with Crippen molar-refractivity contribution in [1.29, 1.82) is 0 Å². The predicted octanol–water partition coefficient (Wildman–Crippen LogP) is 3.08. The summed E-state index contributed by atoms with van der Waals surface area (Å²) in [5, 5.41) is 3.79. The van der Waals surface area contributed by atoms with Crippen LogP contribution in [-0.4, -0.2) is 31.9 Å². The molecule has 122 valence electrons. The number of nitrogens with zero attached hydrogens (tertiary/aromatic N) is 1. The van der Waals surface area contributed by atoms with Crippen molar-refractivity contribution < 1.29 is 17.7 Å². The Bertz CT molecular complexity index is 879. The molecule has 1 aliphatic rings. The number of sulfone groups is 1. The molecule has 0 amide bonds. The molecular formula is C16H17NO4S2. The third-order valence-corrected chi connectivity index (χ3v) is 6.10. The first-order valence-electron chi connectivity index (χ1n) is 7.14. The summed E-state index contributed by atoms with van der Waals surface area (Å²) in [7, 11) is -3.31. The van der Waals surface area contributed by atoms with Crippen molar-refractivity contribution in [1.82, 2.24) is 5.16 Å². The van der Waals surface area contributed by atoms with E-state index >= 15 is 0 Å². The largest absolute Gasteiger partial charge is 0.360 e. The molecule has 2 aromatic rings. The Balaban J connectivity index is 2.05. The number of carbonyl (C=O) groups excluding carboxylic acids is 1. The van der Waals surface area contributed by atoms with Crippen molar-refractivity contribution >= 4 is 27.4 Å². The Hall–Kier alpha value is -1.60. The van der Waals surface area contributed by atoms with Crippen molar-refractivity contribution in [2.45, 2.75) is 35.0 Å². The Kier molecular flexibility index (Phi) is 3.88. The molecule has 1 heterocycles. The minimum absolute atomic E-state index is 0.103. The van der Waals surface area contributed by atoms with E-state index in [4.69, 9.17) is 4.52 Å². The maximum atomic E-state index is 12.9. The summed E-state index contributed by atoms with van der Waals surface area (Å²) in [6.45, 7) is 2.05. The molecule has 0 atom stereocenters. The average Bonchev–Trinajstić information content (AvgIpc) is 3.06. The minimum atomic E-state index is -3.31. The van der Waals surface area contributed by atoms with Crippen molar-refractivity contribution in [3.63, 3.8) is 0 Å². The van der Waals surface area contributed by atoms with Gasteiger partial charge in [-0.3, -0.25) is 4.79 Å². The number of hydrogen-bond donors (Lipinski definition) is 0. The molecule has 1 aliphatic carbocycles. The van der Waals surface area contributed by atoms with Crippen LogP contribution >= 0.6 is 11.8 Å². The van der Waals surface area contributed by atoms with Crippen molar-refractivity contribution in [2.24, 2.45) is 0 Å². The molecule has 5 nitrogen and oxygen atoms in total. The van der Waals surface area contributed by atoms with E-state index in [0.29, 0.717) is 21.8 Å². The summed E-state index contributed by atoms with van der Waals surface area (Å²) in [6.07, 6.45) is 6.38. The molecule has 0 N–H and O–H groups in total. The topological polar surface area (TPSA) is 77.2 Å². The molecule has 1 aromatic carbocycles. The van der Waals surface area contributed by atoms with E-state index < -0.39 is 9.84 Å². The second-order valence-corrected chi connectivity index (χ2v) is 8.96. The molecule has 1 fully saturated rings. The normalized spacial score (nSPS) is 16.3. The van der Waals surface area contributed by atoms with Gasteiger partial charge in [0.25, 0.3) is 0 Å². The summed E-state index contributed by atoms with van der Waals surface area (Å²) >= 11 is 1.34. The summed E-state index contributed by atoms with van der Waals surface area (Å²) in [5.41, 5.74) is 0.833. The first-order chi connectivity index (χ1) is 10.8. The molecule has 3 rings (SSSR count). The number of ketones is 1. The number of benzene rings is 1. The first-order valence-corrected chi connectivity index (χ1v) is 10.3. The quantitative estimate of drug-likeness (QED) is 0.608. The van der Waals surface area contributed by atoms with Crippen LogP contribution in [0.15, 0.2) is 38.7 Å². The van der Waals surface area contributed by atoms with E-state index in [9.17, 15) is 13.2 Å². The molecule has 0 radical (unpaired) electrons. The Morgan fingerprint density at radius 1 is 1.30 bits per heavy atom. The van der Waals surface area contributed by atoms with Gasteiger partial charge in [0, 0.05) is 22.1 Å². The van der Waals surface area contributed by atoms with Crippen LogP contribution in [0, 0.1) is 0 Å². The zero-order valence-corrected chi connectivity index (χ0v) is 14.8. The van der Waals surface area contributed by atoms with Gasteiger partial charge in [-0.05, 0) is 37.3 Å². The van der Waals surface area contributed by atoms with Gasteiger partial charge in [0.15, 0.2) is 21.4 Å². The highest BCUT2D eigenvalue weighted by Gasteiger charge is 2.45. The summed E-state index contributed by atoms with van der Waals surface area (Å²) in [6, 6.07) is 4.57. The van der Waals surface area contributed by atoms with Crippen LogP contribution in [-0.2, 0) is 15.3 Å². The fourth-order valence-corrected chi connectivity index (χ4v) is 3.83. The van der Waals surface area contributed by atoms with Crippen LogP contribution in [0.25, 0.3) is 0 Å². The molecule has 0 bridgehead atoms. The van der Waals surface area contributed by atoms with Crippen molar-refractivity contribution in [2.75, 3.05) is 12.5 Å². The number of hydrogen-bond acceptors (Lipinski definition) is 6. The van der Waals surface area contributed by atoms with Crippen LogP contribution in [0.1, 0.15) is 41.4 Å². The Morgan fingerprint density at radius 2 is 2.00 bits per heavy atom. The lowest BCUT2D eigenvalue weighted by molar-refractivity contribution is 0.103. The molecule has 0 spiro atoms. The van der Waals surface area contributed by atoms with Gasteiger partial charge >= 0.3 is 0 Å². The zero-order chi connectivity index (χ0) is 16.8. The lowest BCUT2D eigenvalue weighted by Gasteiger charge is -2.10. The highest BCUT2D eigenvalue weighted by Crippen LogP contribution is 2.49. The third-order valence-electron chi connectivity index (χ3n) is 4.21. The zero-order valence-electron chi connectivity index (χ0n) is 13.1. The maximum absolute atomic E-state index is 12.9. The van der Waals surface area contributed by atoms with E-state index in [1.54, 1.807) is 12.1 Å². The highest BCUT2D eigenvalue weighted by molar-refractivity contribution is 7.98. The number of aromatic nitrogens is 1. The Labute approximate surface area is 139 Å². The summed E-state index contributed by atoms with van der Waals surface area (Å²) in [5.74, 6) is 0.445. The first kappa shape index (κ1) is 16.3. The molecular weight excluding hydrogens is 334 g/mol. The third kappa shape index (κ3) is 2.95. The van der Waals surface area contributed by atoms with Gasteiger partial charge in [-0.2, -0.15) is 0 Å². The number of rotatable bonds is 5. The van der Waals surface area contributed by atoms with Gasteiger partial charge in [0.1, 0.15) is 0 Å².